The van der Waals surface area contributed by atoms with Crippen LogP contribution in [0.15, 0.2) is 23.2 Å². The van der Waals surface area contributed by atoms with E-state index in [2.05, 4.69) is 30.5 Å². The number of hydrogen-bond donors (Lipinski definition) is 0. The highest BCUT2D eigenvalue weighted by Crippen LogP contribution is 2.30. The number of ether oxygens (including phenoxy) is 1. The van der Waals surface area contributed by atoms with Crippen LogP contribution >= 0.6 is 11.8 Å². The van der Waals surface area contributed by atoms with Crippen molar-refractivity contribution < 1.29 is 9.53 Å². The van der Waals surface area contributed by atoms with E-state index >= 15 is 0 Å². The van der Waals surface area contributed by atoms with Crippen LogP contribution in [0.1, 0.15) is 26.5 Å². The molecule has 0 aliphatic carbocycles. The molecule has 0 radical (unpaired) electrons. The molecule has 1 rings (SSSR count). The second-order valence-corrected chi connectivity index (χ2v) is 5.48. The lowest BCUT2D eigenvalue weighted by atomic mass is 9.92. The third-order valence-corrected chi connectivity index (χ3v) is 3.07. The maximum absolute atomic E-state index is 11.1. The smallest absolute Gasteiger partial charge is 0.315 e. The van der Waals surface area contributed by atoms with Gasteiger partial charge in [-0.15, -0.1) is 11.8 Å². The molecule has 0 aromatic carbocycles. The summed E-state index contributed by atoms with van der Waals surface area (Å²) in [6.45, 7) is 6.33. The molecule has 0 fully saturated rings. The summed E-state index contributed by atoms with van der Waals surface area (Å²) in [5.41, 5.74) is 1.00. The van der Waals surface area contributed by atoms with E-state index in [0.29, 0.717) is 5.75 Å². The topological polar surface area (TPSA) is 39.2 Å². The van der Waals surface area contributed by atoms with E-state index in [1.165, 1.54) is 18.9 Å². The van der Waals surface area contributed by atoms with Crippen LogP contribution in [0.5, 0.6) is 0 Å². The van der Waals surface area contributed by atoms with Crippen molar-refractivity contribution >= 4 is 17.7 Å². The number of carbonyl (C=O) groups is 1. The molecule has 0 saturated heterocycles. The average molecular weight is 239 g/mol. The van der Waals surface area contributed by atoms with Crippen LogP contribution < -0.4 is 0 Å². The summed E-state index contributed by atoms with van der Waals surface area (Å²) in [6.07, 6.45) is 1.78. The van der Waals surface area contributed by atoms with Gasteiger partial charge in [-0.25, -0.2) is 0 Å². The third kappa shape index (κ3) is 3.52. The predicted octanol–water partition coefficient (Wildman–Crippen LogP) is 2.64. The van der Waals surface area contributed by atoms with E-state index in [1.54, 1.807) is 6.20 Å². The Morgan fingerprint density at radius 2 is 2.19 bits per heavy atom. The maximum atomic E-state index is 11.1. The molecule has 0 aliphatic heterocycles. The van der Waals surface area contributed by atoms with Crippen molar-refractivity contribution in [1.82, 2.24) is 4.98 Å². The quantitative estimate of drug-likeness (QED) is 0.600. The molecule has 0 atom stereocenters. The minimum Gasteiger partial charge on any atom is -0.468 e. The van der Waals surface area contributed by atoms with E-state index in [4.69, 9.17) is 0 Å². The highest BCUT2D eigenvalue weighted by molar-refractivity contribution is 8.00. The van der Waals surface area contributed by atoms with Crippen LogP contribution in [-0.4, -0.2) is 23.8 Å². The zero-order chi connectivity index (χ0) is 12.2. The van der Waals surface area contributed by atoms with Crippen molar-refractivity contribution in [2.75, 3.05) is 12.9 Å². The molecule has 3 nitrogen and oxygen atoms in total. The number of aromatic nitrogens is 1. The van der Waals surface area contributed by atoms with E-state index in [0.717, 1.165) is 10.6 Å². The Labute approximate surface area is 101 Å². The van der Waals surface area contributed by atoms with Gasteiger partial charge in [0.1, 0.15) is 0 Å². The molecule has 88 valence electrons. The van der Waals surface area contributed by atoms with Crippen LogP contribution in [0.4, 0.5) is 0 Å². The van der Waals surface area contributed by atoms with Crippen LogP contribution in [0.2, 0.25) is 0 Å². The van der Waals surface area contributed by atoms with Crippen molar-refractivity contribution in [2.24, 2.45) is 0 Å². The summed E-state index contributed by atoms with van der Waals surface area (Å²) in [5.74, 6) is 0.111. The zero-order valence-corrected chi connectivity index (χ0v) is 10.9. The molecule has 0 spiro atoms. The maximum Gasteiger partial charge on any atom is 0.315 e. The predicted molar refractivity (Wildman–Crippen MR) is 65.7 cm³/mol. The number of carbonyl (C=O) groups excluding carboxylic acids is 1. The fourth-order valence-corrected chi connectivity index (χ4v) is 2.33. The minimum absolute atomic E-state index is 0.0142. The van der Waals surface area contributed by atoms with Crippen molar-refractivity contribution in [3.8, 4) is 0 Å². The zero-order valence-electron chi connectivity index (χ0n) is 10.1. The van der Waals surface area contributed by atoms with Crippen molar-refractivity contribution in [3.63, 3.8) is 0 Å². The summed E-state index contributed by atoms with van der Waals surface area (Å²) >= 11 is 1.47. The van der Waals surface area contributed by atoms with E-state index in [-0.39, 0.29) is 11.4 Å². The third-order valence-electron chi connectivity index (χ3n) is 2.05. The fraction of sp³-hybridized carbons (Fsp3) is 0.500. The summed E-state index contributed by atoms with van der Waals surface area (Å²) in [5, 5.41) is 0. The molecular formula is C12H17NO2S. The van der Waals surface area contributed by atoms with Gasteiger partial charge in [0, 0.05) is 16.5 Å². The summed E-state index contributed by atoms with van der Waals surface area (Å²) < 4.78 is 4.62. The Bertz CT molecular complexity index is 372. The SMILES string of the molecule is COC(=O)CSc1cccnc1C(C)(C)C. The molecule has 1 aromatic rings. The normalized spacial score (nSPS) is 11.2. The van der Waals surface area contributed by atoms with Gasteiger partial charge in [0.05, 0.1) is 18.6 Å². The molecule has 16 heavy (non-hydrogen) atoms. The van der Waals surface area contributed by atoms with E-state index in [1.807, 2.05) is 12.1 Å². The fourth-order valence-electron chi connectivity index (χ4n) is 1.27. The van der Waals surface area contributed by atoms with Gasteiger partial charge in [-0.2, -0.15) is 0 Å². The van der Waals surface area contributed by atoms with Gasteiger partial charge in [-0.3, -0.25) is 9.78 Å². The molecule has 0 amide bonds. The average Bonchev–Trinajstić information content (AvgIpc) is 2.25. The first-order valence-electron chi connectivity index (χ1n) is 5.10. The number of thioether (sulfide) groups is 1. The van der Waals surface area contributed by atoms with Gasteiger partial charge in [-0.1, -0.05) is 20.8 Å². The van der Waals surface area contributed by atoms with Gasteiger partial charge < -0.3 is 4.74 Å². The highest BCUT2D eigenvalue weighted by Gasteiger charge is 2.19. The Morgan fingerprint density at radius 1 is 1.50 bits per heavy atom. The standard InChI is InChI=1S/C12H17NO2S/c1-12(2,3)11-9(6-5-7-13-11)16-8-10(14)15-4/h5-7H,8H2,1-4H3. The van der Waals surface area contributed by atoms with Crippen molar-refractivity contribution in [1.29, 1.82) is 0 Å². The molecule has 0 saturated carbocycles. The highest BCUT2D eigenvalue weighted by atomic mass is 32.2. The van der Waals surface area contributed by atoms with Gasteiger partial charge in [0.15, 0.2) is 0 Å². The number of nitrogens with zero attached hydrogens (tertiary/aromatic N) is 1. The summed E-state index contributed by atoms with van der Waals surface area (Å²) in [6, 6.07) is 3.87. The monoisotopic (exact) mass is 239 g/mol. The lowest BCUT2D eigenvalue weighted by molar-refractivity contribution is -0.137. The second-order valence-electron chi connectivity index (χ2n) is 4.46. The Morgan fingerprint density at radius 3 is 2.75 bits per heavy atom. The molecule has 0 N–H and O–H groups in total. The first-order valence-corrected chi connectivity index (χ1v) is 6.09. The van der Waals surface area contributed by atoms with E-state index < -0.39 is 0 Å². The second kappa shape index (κ2) is 5.34. The van der Waals surface area contributed by atoms with Crippen LogP contribution in [0.3, 0.4) is 0 Å². The van der Waals surface area contributed by atoms with Gasteiger partial charge in [0.2, 0.25) is 0 Å². The Kier molecular flexibility index (Phi) is 4.35. The molecule has 1 heterocycles. The molecule has 1 aromatic heterocycles. The summed E-state index contributed by atoms with van der Waals surface area (Å²) in [4.78, 5) is 16.5. The number of hydrogen-bond acceptors (Lipinski definition) is 4. The number of pyridine rings is 1. The molecule has 0 bridgehead atoms. The number of rotatable bonds is 3. The van der Waals surface area contributed by atoms with Gasteiger partial charge in [-0.05, 0) is 12.1 Å². The number of methoxy groups -OCH3 is 1. The van der Waals surface area contributed by atoms with Crippen molar-refractivity contribution in [3.05, 3.63) is 24.0 Å². The first-order chi connectivity index (χ1) is 7.45. The molecule has 4 heteroatoms. The lowest BCUT2D eigenvalue weighted by Gasteiger charge is -2.20. The first kappa shape index (κ1) is 13.0. The van der Waals surface area contributed by atoms with Crippen molar-refractivity contribution in [2.45, 2.75) is 31.1 Å². The number of esters is 1. The summed E-state index contributed by atoms with van der Waals surface area (Å²) in [7, 11) is 1.40. The van der Waals surface area contributed by atoms with Crippen LogP contribution in [0, 0.1) is 0 Å². The van der Waals surface area contributed by atoms with Gasteiger partial charge >= 0.3 is 5.97 Å². The lowest BCUT2D eigenvalue weighted by Crippen LogP contribution is -2.15. The van der Waals surface area contributed by atoms with Crippen LogP contribution in [0.25, 0.3) is 0 Å². The molecule has 0 unspecified atom stereocenters. The van der Waals surface area contributed by atoms with E-state index in [9.17, 15) is 4.79 Å². The molecular weight excluding hydrogens is 222 g/mol. The Hall–Kier alpha value is -1.03. The Balaban J connectivity index is 2.84. The largest absolute Gasteiger partial charge is 0.468 e. The molecule has 0 aliphatic rings. The van der Waals surface area contributed by atoms with Gasteiger partial charge in [0.25, 0.3) is 0 Å². The minimum atomic E-state index is -0.214. The van der Waals surface area contributed by atoms with Crippen LogP contribution in [-0.2, 0) is 14.9 Å².